The van der Waals surface area contributed by atoms with E-state index in [4.69, 9.17) is 4.52 Å². The van der Waals surface area contributed by atoms with Gasteiger partial charge in [0.05, 0.1) is 12.9 Å². The van der Waals surface area contributed by atoms with E-state index in [0.29, 0.717) is 31.3 Å². The Morgan fingerprint density at radius 3 is 2.62 bits per heavy atom. The fraction of sp³-hybridized carbons (Fsp3) is 0.353. The first kappa shape index (κ1) is 16.9. The fourth-order valence-electron chi connectivity index (χ4n) is 2.98. The summed E-state index contributed by atoms with van der Waals surface area (Å²) in [5.74, 6) is 0.894. The highest BCUT2D eigenvalue weighted by Gasteiger charge is 2.28. The monoisotopic (exact) mass is 373 g/mol. The molecule has 3 heterocycles. The number of aromatic nitrogens is 4. The van der Waals surface area contributed by atoms with Gasteiger partial charge in [0.15, 0.2) is 10.9 Å². The zero-order valence-corrected chi connectivity index (χ0v) is 15.0. The van der Waals surface area contributed by atoms with Gasteiger partial charge in [0, 0.05) is 24.8 Å². The number of hydrogen-bond donors (Lipinski definition) is 0. The highest BCUT2D eigenvalue weighted by atomic mass is 32.2. The van der Waals surface area contributed by atoms with Crippen LogP contribution in [0.4, 0.5) is 0 Å². The van der Waals surface area contributed by atoms with E-state index >= 15 is 0 Å². The Bertz CT molecular complexity index is 975. The first-order chi connectivity index (χ1) is 12.6. The average molecular weight is 373 g/mol. The maximum Gasteiger partial charge on any atom is 0.262 e. The first-order valence-electron chi connectivity index (χ1n) is 8.53. The molecular weight excluding hydrogens is 354 g/mol. The van der Waals surface area contributed by atoms with E-state index in [9.17, 15) is 8.42 Å². The molecular formula is C17H19N5O3S. The SMILES string of the molecule is O=S(=O)(c1cn(Cc2noc(-c3ccccc3)n2)cn1)N1CCCCC1. The van der Waals surface area contributed by atoms with Crippen LogP contribution in [0.1, 0.15) is 25.1 Å². The molecule has 4 rings (SSSR count). The molecule has 1 fully saturated rings. The van der Waals surface area contributed by atoms with Gasteiger partial charge in [0.1, 0.15) is 0 Å². The molecule has 0 amide bonds. The number of imidazole rings is 1. The molecule has 9 heteroatoms. The van der Waals surface area contributed by atoms with E-state index in [1.165, 1.54) is 16.8 Å². The highest BCUT2D eigenvalue weighted by molar-refractivity contribution is 7.89. The molecule has 0 spiro atoms. The van der Waals surface area contributed by atoms with Crippen LogP contribution < -0.4 is 0 Å². The van der Waals surface area contributed by atoms with Gasteiger partial charge in [-0.1, -0.05) is 29.8 Å². The van der Waals surface area contributed by atoms with E-state index in [-0.39, 0.29) is 5.03 Å². The first-order valence-corrected chi connectivity index (χ1v) is 9.97. The van der Waals surface area contributed by atoms with Crippen molar-refractivity contribution in [2.75, 3.05) is 13.1 Å². The van der Waals surface area contributed by atoms with Crippen molar-refractivity contribution in [1.29, 1.82) is 0 Å². The molecule has 3 aromatic rings. The van der Waals surface area contributed by atoms with Gasteiger partial charge in [-0.05, 0) is 25.0 Å². The van der Waals surface area contributed by atoms with Crippen molar-refractivity contribution < 1.29 is 12.9 Å². The van der Waals surface area contributed by atoms with Gasteiger partial charge < -0.3 is 9.09 Å². The highest BCUT2D eigenvalue weighted by Crippen LogP contribution is 2.20. The number of sulfonamides is 1. The molecule has 1 saturated heterocycles. The van der Waals surface area contributed by atoms with Crippen molar-refractivity contribution >= 4 is 10.0 Å². The Balaban J connectivity index is 1.50. The molecule has 0 saturated carbocycles. The van der Waals surface area contributed by atoms with Gasteiger partial charge in [-0.3, -0.25) is 0 Å². The summed E-state index contributed by atoms with van der Waals surface area (Å²) in [5.41, 5.74) is 0.838. The van der Waals surface area contributed by atoms with Gasteiger partial charge >= 0.3 is 0 Å². The van der Waals surface area contributed by atoms with Crippen molar-refractivity contribution in [3.8, 4) is 11.5 Å². The lowest BCUT2D eigenvalue weighted by atomic mass is 10.2. The van der Waals surface area contributed by atoms with Gasteiger partial charge in [-0.25, -0.2) is 13.4 Å². The third-order valence-corrected chi connectivity index (χ3v) is 6.13. The van der Waals surface area contributed by atoms with Crippen LogP contribution in [0.5, 0.6) is 0 Å². The minimum atomic E-state index is -3.53. The lowest BCUT2D eigenvalue weighted by molar-refractivity contribution is 0.345. The number of piperidine rings is 1. The van der Waals surface area contributed by atoms with Crippen LogP contribution in [0.15, 0.2) is 52.4 Å². The van der Waals surface area contributed by atoms with Crippen molar-refractivity contribution in [2.45, 2.75) is 30.8 Å². The molecule has 0 N–H and O–H groups in total. The third-order valence-electron chi connectivity index (χ3n) is 4.34. The van der Waals surface area contributed by atoms with Crippen molar-refractivity contribution in [2.24, 2.45) is 0 Å². The quantitative estimate of drug-likeness (QED) is 0.680. The van der Waals surface area contributed by atoms with Gasteiger partial charge in [-0.15, -0.1) is 0 Å². The van der Waals surface area contributed by atoms with E-state index in [2.05, 4.69) is 15.1 Å². The van der Waals surface area contributed by atoms with Crippen molar-refractivity contribution in [3.05, 3.63) is 48.7 Å². The number of hydrogen-bond acceptors (Lipinski definition) is 6. The van der Waals surface area contributed by atoms with Crippen molar-refractivity contribution in [1.82, 2.24) is 24.0 Å². The molecule has 26 heavy (non-hydrogen) atoms. The summed E-state index contributed by atoms with van der Waals surface area (Å²) in [6.45, 7) is 1.40. The Morgan fingerprint density at radius 1 is 1.08 bits per heavy atom. The minimum Gasteiger partial charge on any atom is -0.334 e. The Hall–Kier alpha value is -2.52. The van der Waals surface area contributed by atoms with E-state index < -0.39 is 10.0 Å². The molecule has 2 aromatic heterocycles. The molecule has 1 aliphatic rings. The minimum absolute atomic E-state index is 0.0613. The summed E-state index contributed by atoms with van der Waals surface area (Å²) < 4.78 is 33.7. The zero-order chi connectivity index (χ0) is 18.0. The van der Waals surface area contributed by atoms with Crippen LogP contribution >= 0.6 is 0 Å². The van der Waals surface area contributed by atoms with Crippen LogP contribution in [0.25, 0.3) is 11.5 Å². The molecule has 0 radical (unpaired) electrons. The molecule has 1 aliphatic heterocycles. The van der Waals surface area contributed by atoms with Crippen LogP contribution in [0.3, 0.4) is 0 Å². The van der Waals surface area contributed by atoms with Gasteiger partial charge in [0.2, 0.25) is 0 Å². The van der Waals surface area contributed by atoms with Crippen LogP contribution in [-0.2, 0) is 16.6 Å². The van der Waals surface area contributed by atoms with E-state index in [1.807, 2.05) is 30.3 Å². The van der Waals surface area contributed by atoms with Crippen LogP contribution in [0.2, 0.25) is 0 Å². The fourth-order valence-corrected chi connectivity index (χ4v) is 4.43. The average Bonchev–Trinajstić information content (AvgIpc) is 3.34. The molecule has 8 nitrogen and oxygen atoms in total. The Kier molecular flexibility index (Phi) is 4.56. The van der Waals surface area contributed by atoms with Gasteiger partial charge in [-0.2, -0.15) is 9.29 Å². The lowest BCUT2D eigenvalue weighted by Gasteiger charge is -2.24. The largest absolute Gasteiger partial charge is 0.334 e. The maximum atomic E-state index is 12.6. The predicted octanol–water partition coefficient (Wildman–Crippen LogP) is 2.16. The third kappa shape index (κ3) is 3.40. The Labute approximate surface area is 151 Å². The summed E-state index contributed by atoms with van der Waals surface area (Å²) in [7, 11) is -3.53. The molecule has 136 valence electrons. The van der Waals surface area contributed by atoms with E-state index in [0.717, 1.165) is 24.8 Å². The maximum absolute atomic E-state index is 12.6. The lowest BCUT2D eigenvalue weighted by Crippen LogP contribution is -2.35. The van der Waals surface area contributed by atoms with E-state index in [1.54, 1.807) is 4.57 Å². The number of benzene rings is 1. The summed E-state index contributed by atoms with van der Waals surface area (Å²) in [5, 5.41) is 4.02. The second-order valence-corrected chi connectivity index (χ2v) is 8.12. The molecule has 0 aliphatic carbocycles. The summed E-state index contributed by atoms with van der Waals surface area (Å²) in [4.78, 5) is 8.42. The van der Waals surface area contributed by atoms with Crippen molar-refractivity contribution in [3.63, 3.8) is 0 Å². The molecule has 1 aromatic carbocycles. The summed E-state index contributed by atoms with van der Waals surface area (Å²) >= 11 is 0. The smallest absolute Gasteiger partial charge is 0.262 e. The van der Waals surface area contributed by atoms with Gasteiger partial charge in [0.25, 0.3) is 15.9 Å². The number of rotatable bonds is 5. The molecule has 0 unspecified atom stereocenters. The zero-order valence-electron chi connectivity index (χ0n) is 14.2. The second kappa shape index (κ2) is 7.00. The molecule has 0 atom stereocenters. The van der Waals surface area contributed by atoms with Crippen LogP contribution in [-0.4, -0.2) is 45.5 Å². The normalized spacial score (nSPS) is 16.0. The number of nitrogens with zero attached hydrogens (tertiary/aromatic N) is 5. The standard InChI is InChI=1S/C17H19N5O3S/c23-26(24,22-9-5-2-6-10-22)16-12-21(13-18-16)11-15-19-17(25-20-15)14-7-3-1-4-8-14/h1,3-4,7-8,12-13H,2,5-6,9-11H2. The van der Waals surface area contributed by atoms with Crippen LogP contribution in [0, 0.1) is 0 Å². The summed E-state index contributed by atoms with van der Waals surface area (Å²) in [6.07, 6.45) is 5.86. The predicted molar refractivity (Wildman–Crippen MR) is 93.7 cm³/mol. The topological polar surface area (TPSA) is 94.1 Å². The Morgan fingerprint density at radius 2 is 1.85 bits per heavy atom. The second-order valence-electron chi connectivity index (χ2n) is 6.23. The summed E-state index contributed by atoms with van der Waals surface area (Å²) in [6, 6.07) is 9.48. The molecule has 0 bridgehead atoms.